The third-order valence-corrected chi connectivity index (χ3v) is 7.98. The first-order valence-corrected chi connectivity index (χ1v) is 13.4. The Kier molecular flexibility index (Phi) is 6.95. The van der Waals surface area contributed by atoms with Crippen LogP contribution in [0, 0.1) is 0 Å². The Morgan fingerprint density at radius 3 is 2.26 bits per heavy atom. The minimum absolute atomic E-state index is 0.0399. The number of benzene rings is 3. The lowest BCUT2D eigenvalue weighted by molar-refractivity contribution is -0.858. The average molecular weight is 504 g/mol. The van der Waals surface area contributed by atoms with E-state index >= 15 is 0 Å². The Morgan fingerprint density at radius 1 is 0.943 bits per heavy atom. The van der Waals surface area contributed by atoms with Crippen molar-refractivity contribution in [2.45, 2.75) is 27.9 Å². The van der Waals surface area contributed by atoms with E-state index in [2.05, 4.69) is 14.1 Å². The van der Waals surface area contributed by atoms with Gasteiger partial charge in [-0.1, -0.05) is 59.9 Å². The van der Waals surface area contributed by atoms with Crippen LogP contribution in [-0.2, 0) is 11.3 Å². The fraction of sp³-hybridized carbons (Fsp3) is 0.222. The van der Waals surface area contributed by atoms with Gasteiger partial charge in [0.05, 0.1) is 48.7 Å². The molecule has 0 fully saturated rings. The van der Waals surface area contributed by atoms with Crippen molar-refractivity contribution < 1.29 is 9.69 Å². The number of nitrogens with one attached hydrogen (secondary N) is 1. The van der Waals surface area contributed by atoms with Crippen molar-refractivity contribution in [1.29, 1.82) is 0 Å². The number of rotatable bonds is 7. The molecule has 35 heavy (non-hydrogen) atoms. The van der Waals surface area contributed by atoms with E-state index in [1.165, 1.54) is 16.7 Å². The molecule has 2 heterocycles. The molecule has 0 unspecified atom stereocenters. The first-order valence-electron chi connectivity index (χ1n) is 11.6. The predicted molar refractivity (Wildman–Crippen MR) is 143 cm³/mol. The predicted octanol–water partition coefficient (Wildman–Crippen LogP) is 3.85. The van der Waals surface area contributed by atoms with Crippen molar-refractivity contribution in [3.63, 3.8) is 0 Å². The van der Waals surface area contributed by atoms with Gasteiger partial charge in [0.2, 0.25) is 5.91 Å². The molecule has 1 amide bonds. The summed E-state index contributed by atoms with van der Waals surface area (Å²) < 4.78 is 1.73. The lowest BCUT2D eigenvalue weighted by atomic mass is 10.2. The zero-order valence-corrected chi connectivity index (χ0v) is 21.4. The Labute approximate surface area is 213 Å². The van der Waals surface area contributed by atoms with Crippen LogP contribution in [0.5, 0.6) is 0 Å². The van der Waals surface area contributed by atoms with E-state index in [1.54, 1.807) is 21.2 Å². The van der Waals surface area contributed by atoms with Crippen LogP contribution < -0.4 is 15.4 Å². The molecular formula is C27H27N4O2S2+. The summed E-state index contributed by atoms with van der Waals surface area (Å²) in [6.45, 7) is 1.52. The number of quaternary nitrogens is 1. The fourth-order valence-electron chi connectivity index (χ4n) is 4.21. The molecule has 6 nitrogen and oxygen atoms in total. The summed E-state index contributed by atoms with van der Waals surface area (Å²) in [4.78, 5) is 37.0. The molecule has 0 spiro atoms. The second-order valence-corrected chi connectivity index (χ2v) is 10.8. The minimum atomic E-state index is -0.0515. The average Bonchev–Trinajstić information content (AvgIpc) is 2.87. The number of carbonyl (C=O) groups is 1. The number of aromatic nitrogens is 2. The Balaban J connectivity index is 1.46. The van der Waals surface area contributed by atoms with Crippen LogP contribution in [0.25, 0.3) is 10.9 Å². The van der Waals surface area contributed by atoms with Crippen LogP contribution in [0.3, 0.4) is 0 Å². The lowest BCUT2D eigenvalue weighted by Crippen LogP contribution is -3.05. The van der Waals surface area contributed by atoms with Crippen molar-refractivity contribution in [1.82, 2.24) is 9.55 Å². The minimum Gasteiger partial charge on any atom is -0.340 e. The first kappa shape index (κ1) is 23.7. The molecule has 178 valence electrons. The molecule has 1 aliphatic rings. The van der Waals surface area contributed by atoms with Crippen LogP contribution in [0.4, 0.5) is 11.4 Å². The van der Waals surface area contributed by atoms with Gasteiger partial charge in [0.1, 0.15) is 0 Å². The van der Waals surface area contributed by atoms with Gasteiger partial charge in [0.15, 0.2) is 5.16 Å². The van der Waals surface area contributed by atoms with Crippen molar-refractivity contribution in [2.75, 3.05) is 31.3 Å². The molecule has 1 aromatic heterocycles. The van der Waals surface area contributed by atoms with E-state index in [0.717, 1.165) is 34.1 Å². The van der Waals surface area contributed by atoms with Crippen LogP contribution in [0.2, 0.25) is 0 Å². The van der Waals surface area contributed by atoms with Gasteiger partial charge in [-0.25, -0.2) is 4.98 Å². The van der Waals surface area contributed by atoms with Crippen LogP contribution >= 0.6 is 23.5 Å². The molecule has 0 bridgehead atoms. The van der Waals surface area contributed by atoms with Gasteiger partial charge >= 0.3 is 0 Å². The molecule has 4 aromatic rings. The maximum atomic E-state index is 13.6. The number of carbonyl (C=O) groups excluding carboxylic acids is 1. The Bertz CT molecular complexity index is 1410. The number of fused-ring (bicyclic) bond motifs is 3. The van der Waals surface area contributed by atoms with Crippen LogP contribution in [0.15, 0.2) is 92.5 Å². The summed E-state index contributed by atoms with van der Waals surface area (Å²) >= 11 is 3.01. The van der Waals surface area contributed by atoms with Crippen molar-refractivity contribution >= 4 is 51.7 Å². The maximum absolute atomic E-state index is 13.6. The molecule has 0 aliphatic carbocycles. The third kappa shape index (κ3) is 4.87. The maximum Gasteiger partial charge on any atom is 0.262 e. The third-order valence-electron chi connectivity index (χ3n) is 5.89. The number of thioether (sulfide) groups is 1. The highest BCUT2D eigenvalue weighted by Gasteiger charge is 2.28. The largest absolute Gasteiger partial charge is 0.340 e. The number of para-hydroxylation sites is 3. The SMILES string of the molecule is C[NH+](C)CCCn1c(SCC(=O)N2c3ccccc3Sc3ccccc32)nc2ccccc2c1=O. The number of hydrogen-bond donors (Lipinski definition) is 1. The van der Waals surface area contributed by atoms with E-state index in [9.17, 15) is 9.59 Å². The van der Waals surface area contributed by atoms with Crippen molar-refractivity contribution in [3.05, 3.63) is 83.2 Å². The van der Waals surface area contributed by atoms with Gasteiger partial charge in [-0.15, -0.1) is 0 Å². The highest BCUT2D eigenvalue weighted by molar-refractivity contribution is 8.00. The number of nitrogens with zero attached hydrogens (tertiary/aromatic N) is 3. The highest BCUT2D eigenvalue weighted by Crippen LogP contribution is 2.48. The molecule has 5 rings (SSSR count). The van der Waals surface area contributed by atoms with Crippen LogP contribution in [0.1, 0.15) is 6.42 Å². The van der Waals surface area contributed by atoms with Gasteiger partial charge in [0, 0.05) is 22.8 Å². The van der Waals surface area contributed by atoms with Gasteiger partial charge in [-0.3, -0.25) is 19.1 Å². The first-order chi connectivity index (χ1) is 17.0. The van der Waals surface area contributed by atoms with Crippen LogP contribution in [-0.4, -0.2) is 41.9 Å². The normalized spacial score (nSPS) is 12.6. The molecule has 0 atom stereocenters. The smallest absolute Gasteiger partial charge is 0.262 e. The monoisotopic (exact) mass is 503 g/mol. The highest BCUT2D eigenvalue weighted by atomic mass is 32.2. The standard InChI is InChI=1S/C27H26N4O2S2/c1-29(2)16-9-17-30-26(33)19-10-3-4-11-20(19)28-27(30)34-18-25(32)31-21-12-5-7-14-23(21)35-24-15-8-6-13-22(24)31/h3-8,10-15H,9,16-18H2,1-2H3/p+1. The summed E-state index contributed by atoms with van der Waals surface area (Å²) in [6.07, 6.45) is 0.855. The summed E-state index contributed by atoms with van der Waals surface area (Å²) in [5, 5.41) is 1.19. The van der Waals surface area contributed by atoms with Gasteiger partial charge in [0.25, 0.3) is 5.56 Å². The molecule has 0 saturated carbocycles. The number of anilines is 2. The second-order valence-electron chi connectivity index (χ2n) is 8.73. The molecular weight excluding hydrogens is 476 g/mol. The van der Waals surface area contributed by atoms with E-state index < -0.39 is 0 Å². The molecule has 3 aromatic carbocycles. The number of hydrogen-bond acceptors (Lipinski definition) is 5. The van der Waals surface area contributed by atoms with E-state index in [0.29, 0.717) is 22.6 Å². The van der Waals surface area contributed by atoms with Crippen molar-refractivity contribution in [3.8, 4) is 0 Å². The lowest BCUT2D eigenvalue weighted by Gasteiger charge is -2.31. The van der Waals surface area contributed by atoms with E-state index in [1.807, 2.05) is 72.8 Å². The summed E-state index contributed by atoms with van der Waals surface area (Å²) in [7, 11) is 4.20. The Morgan fingerprint density at radius 2 is 1.57 bits per heavy atom. The summed E-state index contributed by atoms with van der Waals surface area (Å²) in [5.41, 5.74) is 2.38. The fourth-order valence-corrected chi connectivity index (χ4v) is 6.14. The van der Waals surface area contributed by atoms with E-state index in [-0.39, 0.29) is 17.2 Å². The molecule has 8 heteroatoms. The second kappa shape index (κ2) is 10.3. The molecule has 1 N–H and O–H groups in total. The zero-order chi connectivity index (χ0) is 24.4. The molecule has 0 radical (unpaired) electrons. The molecule has 1 aliphatic heterocycles. The summed E-state index contributed by atoms with van der Waals surface area (Å²) in [6, 6.07) is 23.3. The topological polar surface area (TPSA) is 59.6 Å². The molecule has 0 saturated heterocycles. The quantitative estimate of drug-likeness (QED) is 0.307. The van der Waals surface area contributed by atoms with Gasteiger partial charge < -0.3 is 4.90 Å². The van der Waals surface area contributed by atoms with Gasteiger partial charge in [-0.2, -0.15) is 0 Å². The summed E-state index contributed by atoms with van der Waals surface area (Å²) in [5.74, 6) is 0.138. The van der Waals surface area contributed by atoms with E-state index in [4.69, 9.17) is 4.98 Å². The number of amides is 1. The zero-order valence-electron chi connectivity index (χ0n) is 19.7. The van der Waals surface area contributed by atoms with Gasteiger partial charge in [-0.05, 0) is 36.4 Å². The van der Waals surface area contributed by atoms with Crippen molar-refractivity contribution in [2.24, 2.45) is 0 Å². The Hall–Kier alpha value is -3.07.